The van der Waals surface area contributed by atoms with Crippen LogP contribution in [0.15, 0.2) is 47.4 Å². The maximum atomic E-state index is 13.5. The van der Waals surface area contributed by atoms with Crippen molar-refractivity contribution < 1.29 is 12.8 Å². The number of nitrogens with zero attached hydrogens (tertiary/aromatic N) is 1. The second-order valence-corrected chi connectivity index (χ2v) is 5.90. The number of para-hydroxylation sites is 1. The molecule has 7 heteroatoms. The second kappa shape index (κ2) is 5.49. The van der Waals surface area contributed by atoms with Crippen LogP contribution in [0.1, 0.15) is 5.56 Å². The van der Waals surface area contributed by atoms with Gasteiger partial charge in [0.25, 0.3) is 10.0 Å². The van der Waals surface area contributed by atoms with Crippen LogP contribution in [0.4, 0.5) is 10.1 Å². The molecule has 0 unspecified atom stereocenters. The summed E-state index contributed by atoms with van der Waals surface area (Å²) in [5, 5.41) is 8.74. The van der Waals surface area contributed by atoms with Crippen LogP contribution in [0.5, 0.6) is 0 Å². The fraction of sp³-hybridized carbons (Fsp3) is 0. The lowest BCUT2D eigenvalue weighted by atomic mass is 10.2. The fourth-order valence-corrected chi connectivity index (χ4v) is 3.12. The molecule has 0 aliphatic rings. The average Bonchev–Trinajstić information content (AvgIpc) is 2.41. The van der Waals surface area contributed by atoms with Crippen LogP contribution in [-0.4, -0.2) is 8.42 Å². The van der Waals surface area contributed by atoms with Gasteiger partial charge in [-0.1, -0.05) is 23.7 Å². The molecular formula is C13H8ClFN2O2S. The minimum absolute atomic E-state index is 0.0483. The van der Waals surface area contributed by atoms with E-state index < -0.39 is 15.8 Å². The number of benzene rings is 2. The summed E-state index contributed by atoms with van der Waals surface area (Å²) in [6.07, 6.45) is 0. The van der Waals surface area contributed by atoms with Crippen LogP contribution in [0, 0.1) is 17.1 Å². The summed E-state index contributed by atoms with van der Waals surface area (Å²) in [5.74, 6) is -0.705. The molecule has 2 aromatic carbocycles. The smallest absolute Gasteiger partial charge is 0.263 e. The highest BCUT2D eigenvalue weighted by Gasteiger charge is 2.20. The van der Waals surface area contributed by atoms with E-state index in [1.54, 1.807) is 0 Å². The number of anilines is 1. The zero-order chi connectivity index (χ0) is 14.8. The molecule has 0 bridgehead atoms. The third kappa shape index (κ3) is 2.90. The Morgan fingerprint density at radius 2 is 1.90 bits per heavy atom. The number of sulfonamides is 1. The van der Waals surface area contributed by atoms with Gasteiger partial charge in [-0.2, -0.15) is 5.26 Å². The third-order valence-corrected chi connectivity index (χ3v) is 4.32. The Bertz CT molecular complexity index is 800. The van der Waals surface area contributed by atoms with Gasteiger partial charge in [-0.15, -0.1) is 0 Å². The van der Waals surface area contributed by atoms with Crippen molar-refractivity contribution in [3.8, 4) is 6.07 Å². The van der Waals surface area contributed by atoms with Crippen LogP contribution >= 0.6 is 11.6 Å². The molecule has 20 heavy (non-hydrogen) atoms. The number of nitriles is 1. The maximum Gasteiger partial charge on any atom is 0.263 e. The second-order valence-electron chi connectivity index (χ2n) is 3.84. The molecule has 4 nitrogen and oxygen atoms in total. The third-order valence-electron chi connectivity index (χ3n) is 2.47. The van der Waals surface area contributed by atoms with Gasteiger partial charge in [-0.05, 0) is 30.3 Å². The molecule has 0 fully saturated rings. The quantitative estimate of drug-likeness (QED) is 0.946. The first-order valence-corrected chi connectivity index (χ1v) is 7.27. The highest BCUT2D eigenvalue weighted by Crippen LogP contribution is 2.25. The predicted molar refractivity (Wildman–Crippen MR) is 73.4 cm³/mol. The van der Waals surface area contributed by atoms with E-state index in [1.807, 2.05) is 6.07 Å². The first kappa shape index (κ1) is 14.3. The van der Waals surface area contributed by atoms with E-state index in [-0.39, 0.29) is 21.2 Å². The monoisotopic (exact) mass is 310 g/mol. The summed E-state index contributed by atoms with van der Waals surface area (Å²) >= 11 is 5.82. The van der Waals surface area contributed by atoms with Gasteiger partial charge < -0.3 is 0 Å². The molecular weight excluding hydrogens is 303 g/mol. The molecule has 102 valence electrons. The summed E-state index contributed by atoms with van der Waals surface area (Å²) in [5.41, 5.74) is -0.0470. The van der Waals surface area contributed by atoms with Crippen LogP contribution in [0.2, 0.25) is 5.02 Å². The van der Waals surface area contributed by atoms with E-state index >= 15 is 0 Å². The summed E-state index contributed by atoms with van der Waals surface area (Å²) in [6, 6.07) is 11.0. The van der Waals surface area contributed by atoms with Crippen molar-refractivity contribution in [2.24, 2.45) is 0 Å². The van der Waals surface area contributed by atoms with Crippen molar-refractivity contribution in [2.75, 3.05) is 4.72 Å². The molecule has 2 aromatic rings. The van der Waals surface area contributed by atoms with Crippen molar-refractivity contribution in [3.05, 3.63) is 58.9 Å². The van der Waals surface area contributed by atoms with Gasteiger partial charge in [-0.3, -0.25) is 4.72 Å². The Morgan fingerprint density at radius 1 is 1.20 bits per heavy atom. The van der Waals surface area contributed by atoms with E-state index in [9.17, 15) is 12.8 Å². The number of hydrogen-bond acceptors (Lipinski definition) is 3. The summed E-state index contributed by atoms with van der Waals surface area (Å²) in [6.45, 7) is 0. The lowest BCUT2D eigenvalue weighted by molar-refractivity contribution is 0.598. The van der Waals surface area contributed by atoms with Crippen molar-refractivity contribution in [1.82, 2.24) is 0 Å². The number of halogens is 2. The Kier molecular flexibility index (Phi) is 3.93. The van der Waals surface area contributed by atoms with Gasteiger partial charge in [0, 0.05) is 0 Å². The van der Waals surface area contributed by atoms with Crippen molar-refractivity contribution >= 4 is 27.3 Å². The van der Waals surface area contributed by atoms with Crippen LogP contribution < -0.4 is 4.72 Å². The topological polar surface area (TPSA) is 70.0 Å². The standard InChI is InChI=1S/C13H8ClFN2O2S/c14-10-6-5-9(8-16)7-13(10)20(18,19)17-12-4-2-1-3-11(12)15/h1-7,17H. The van der Waals surface area contributed by atoms with Crippen LogP contribution in [0.3, 0.4) is 0 Å². The normalized spacial score (nSPS) is 10.8. The Balaban J connectivity index is 2.47. The SMILES string of the molecule is N#Cc1ccc(Cl)c(S(=O)(=O)Nc2ccccc2F)c1. The Morgan fingerprint density at radius 3 is 2.55 bits per heavy atom. The molecule has 0 spiro atoms. The molecule has 0 heterocycles. The van der Waals surface area contributed by atoms with Gasteiger partial charge in [0.2, 0.25) is 0 Å². The summed E-state index contributed by atoms with van der Waals surface area (Å²) in [4.78, 5) is -0.276. The molecule has 0 saturated carbocycles. The first-order valence-electron chi connectivity index (χ1n) is 5.41. The molecule has 0 amide bonds. The lowest BCUT2D eigenvalue weighted by Gasteiger charge is -2.10. The molecule has 2 rings (SSSR count). The molecule has 0 aliphatic carbocycles. The molecule has 0 atom stereocenters. The molecule has 0 aliphatic heterocycles. The van der Waals surface area contributed by atoms with E-state index in [0.717, 1.165) is 12.1 Å². The number of nitrogens with one attached hydrogen (secondary N) is 1. The van der Waals surface area contributed by atoms with E-state index in [2.05, 4.69) is 4.72 Å². The van der Waals surface area contributed by atoms with Crippen molar-refractivity contribution in [1.29, 1.82) is 5.26 Å². The largest absolute Gasteiger partial charge is 0.277 e. The van der Waals surface area contributed by atoms with Gasteiger partial charge in [0.15, 0.2) is 0 Å². The van der Waals surface area contributed by atoms with Crippen molar-refractivity contribution in [2.45, 2.75) is 4.90 Å². The highest BCUT2D eigenvalue weighted by atomic mass is 35.5. The fourth-order valence-electron chi connectivity index (χ4n) is 1.52. The van der Waals surface area contributed by atoms with Gasteiger partial charge in [-0.25, -0.2) is 12.8 Å². The van der Waals surface area contributed by atoms with Crippen LogP contribution in [0.25, 0.3) is 0 Å². The molecule has 0 radical (unpaired) electrons. The molecule has 1 N–H and O–H groups in total. The Hall–Kier alpha value is -2.10. The van der Waals surface area contributed by atoms with Crippen LogP contribution in [-0.2, 0) is 10.0 Å². The van der Waals surface area contributed by atoms with Gasteiger partial charge >= 0.3 is 0 Å². The van der Waals surface area contributed by atoms with E-state index in [1.165, 1.54) is 30.3 Å². The maximum absolute atomic E-state index is 13.5. The molecule has 0 saturated heterocycles. The zero-order valence-corrected chi connectivity index (χ0v) is 11.5. The zero-order valence-electron chi connectivity index (χ0n) is 9.97. The van der Waals surface area contributed by atoms with Crippen molar-refractivity contribution in [3.63, 3.8) is 0 Å². The summed E-state index contributed by atoms with van der Waals surface area (Å²) in [7, 11) is -4.07. The lowest BCUT2D eigenvalue weighted by Crippen LogP contribution is -2.14. The number of rotatable bonds is 3. The van der Waals surface area contributed by atoms with Gasteiger partial charge in [0.05, 0.1) is 22.3 Å². The minimum atomic E-state index is -4.07. The number of hydrogen-bond donors (Lipinski definition) is 1. The van der Waals surface area contributed by atoms with E-state index in [0.29, 0.717) is 0 Å². The highest BCUT2D eigenvalue weighted by molar-refractivity contribution is 7.92. The minimum Gasteiger partial charge on any atom is -0.277 e. The average molecular weight is 311 g/mol. The van der Waals surface area contributed by atoms with E-state index in [4.69, 9.17) is 16.9 Å². The predicted octanol–water partition coefficient (Wildman–Crippen LogP) is 3.15. The molecule has 0 aromatic heterocycles. The first-order chi connectivity index (χ1) is 9.44. The Labute approximate surface area is 120 Å². The summed E-state index contributed by atoms with van der Waals surface area (Å²) < 4.78 is 39.9. The van der Waals surface area contributed by atoms with Gasteiger partial charge in [0.1, 0.15) is 10.7 Å².